The van der Waals surface area contributed by atoms with E-state index in [1.54, 1.807) is 12.1 Å². The van der Waals surface area contributed by atoms with E-state index in [9.17, 15) is 18.0 Å². The third-order valence-corrected chi connectivity index (χ3v) is 2.68. The van der Waals surface area contributed by atoms with Crippen LogP contribution in [-0.2, 0) is 12.7 Å². The van der Waals surface area contributed by atoms with Crippen LogP contribution in [0.3, 0.4) is 0 Å². The van der Waals surface area contributed by atoms with Crippen molar-refractivity contribution in [1.82, 2.24) is 15.0 Å². The molecular formula is C12H11F3N4O2. The molecule has 2 amide bonds. The molecule has 2 aromatic rings. The minimum Gasteiger partial charge on any atom is -0.351 e. The average molecular weight is 300 g/mol. The number of alkyl halides is 3. The Morgan fingerprint density at radius 3 is 2.43 bits per heavy atom. The van der Waals surface area contributed by atoms with Gasteiger partial charge >= 0.3 is 18.1 Å². The molecule has 0 saturated heterocycles. The fraction of sp³-hybridized carbons (Fsp3) is 0.250. The van der Waals surface area contributed by atoms with E-state index in [0.717, 1.165) is 5.56 Å². The van der Waals surface area contributed by atoms with Gasteiger partial charge in [0.1, 0.15) is 0 Å². The summed E-state index contributed by atoms with van der Waals surface area (Å²) in [6.07, 6.45) is -4.67. The summed E-state index contributed by atoms with van der Waals surface area (Å²) in [7, 11) is 1.53. The molecule has 0 fully saturated rings. The van der Waals surface area contributed by atoms with Gasteiger partial charge in [-0.15, -0.1) is 0 Å². The lowest BCUT2D eigenvalue weighted by Gasteiger charge is -2.13. The molecule has 1 aromatic heterocycles. The number of rotatable bonds is 3. The standard InChI is InChI=1S/C12H11F3N4O2/c1-19(11(16)20)6-7-2-4-8(5-3-7)9-17-10(21-18-9)12(13,14)15/h2-5H,6H2,1H3,(H2,16,20). The molecule has 2 N–H and O–H groups in total. The van der Waals surface area contributed by atoms with Crippen molar-refractivity contribution in [2.24, 2.45) is 5.73 Å². The number of aromatic nitrogens is 2. The Morgan fingerprint density at radius 1 is 1.33 bits per heavy atom. The Hall–Kier alpha value is -2.58. The molecule has 112 valence electrons. The molecular weight excluding hydrogens is 289 g/mol. The van der Waals surface area contributed by atoms with Gasteiger partial charge < -0.3 is 15.2 Å². The van der Waals surface area contributed by atoms with Crippen molar-refractivity contribution in [3.05, 3.63) is 35.7 Å². The van der Waals surface area contributed by atoms with Crippen LogP contribution in [0.2, 0.25) is 0 Å². The number of halogens is 3. The van der Waals surface area contributed by atoms with E-state index in [1.165, 1.54) is 24.1 Å². The summed E-state index contributed by atoms with van der Waals surface area (Å²) in [5, 5.41) is 3.28. The smallest absolute Gasteiger partial charge is 0.351 e. The highest BCUT2D eigenvalue weighted by Gasteiger charge is 2.38. The highest BCUT2D eigenvalue weighted by Crippen LogP contribution is 2.29. The van der Waals surface area contributed by atoms with E-state index in [1.807, 2.05) is 0 Å². The van der Waals surface area contributed by atoms with Crippen molar-refractivity contribution in [3.63, 3.8) is 0 Å². The highest BCUT2D eigenvalue weighted by atomic mass is 19.4. The molecule has 0 aliphatic rings. The van der Waals surface area contributed by atoms with Crippen LogP contribution >= 0.6 is 0 Å². The number of carbonyl (C=O) groups is 1. The quantitative estimate of drug-likeness (QED) is 0.942. The van der Waals surface area contributed by atoms with Gasteiger partial charge in [-0.1, -0.05) is 29.4 Å². The summed E-state index contributed by atoms with van der Waals surface area (Å²) < 4.78 is 41.2. The van der Waals surface area contributed by atoms with Gasteiger partial charge in [-0.3, -0.25) is 0 Å². The first-order valence-electron chi connectivity index (χ1n) is 5.78. The van der Waals surface area contributed by atoms with Crippen molar-refractivity contribution >= 4 is 6.03 Å². The van der Waals surface area contributed by atoms with Crippen molar-refractivity contribution in [3.8, 4) is 11.4 Å². The third kappa shape index (κ3) is 3.50. The fourth-order valence-electron chi connectivity index (χ4n) is 1.57. The number of urea groups is 1. The minimum absolute atomic E-state index is 0.155. The van der Waals surface area contributed by atoms with Gasteiger partial charge in [-0.05, 0) is 5.56 Å². The monoisotopic (exact) mass is 300 g/mol. The molecule has 21 heavy (non-hydrogen) atoms. The van der Waals surface area contributed by atoms with Crippen LogP contribution in [0.4, 0.5) is 18.0 Å². The first kappa shape index (κ1) is 14.8. The number of carbonyl (C=O) groups excluding carboxylic acids is 1. The predicted octanol–water partition coefficient (Wildman–Crippen LogP) is 2.27. The normalized spacial score (nSPS) is 11.4. The number of amides is 2. The molecule has 2 rings (SSSR count). The van der Waals surface area contributed by atoms with E-state index in [0.29, 0.717) is 5.56 Å². The van der Waals surface area contributed by atoms with Crippen molar-refractivity contribution < 1.29 is 22.5 Å². The molecule has 0 radical (unpaired) electrons. The lowest BCUT2D eigenvalue weighted by molar-refractivity contribution is -0.159. The van der Waals surface area contributed by atoms with Gasteiger partial charge in [-0.2, -0.15) is 18.2 Å². The second-order valence-electron chi connectivity index (χ2n) is 4.31. The van der Waals surface area contributed by atoms with Gasteiger partial charge in [0, 0.05) is 19.2 Å². The van der Waals surface area contributed by atoms with E-state index in [-0.39, 0.29) is 12.4 Å². The molecule has 6 nitrogen and oxygen atoms in total. The molecule has 1 heterocycles. The van der Waals surface area contributed by atoms with Gasteiger partial charge in [0.15, 0.2) is 0 Å². The van der Waals surface area contributed by atoms with Crippen LogP contribution in [0.1, 0.15) is 11.5 Å². The summed E-state index contributed by atoms with van der Waals surface area (Å²) in [5.74, 6) is -1.55. The third-order valence-electron chi connectivity index (χ3n) is 2.68. The summed E-state index contributed by atoms with van der Waals surface area (Å²) in [6.45, 7) is 0.287. The number of hydrogen-bond acceptors (Lipinski definition) is 4. The number of benzene rings is 1. The second-order valence-corrected chi connectivity index (χ2v) is 4.31. The van der Waals surface area contributed by atoms with Crippen molar-refractivity contribution in [2.75, 3.05) is 7.05 Å². The Balaban J connectivity index is 2.15. The van der Waals surface area contributed by atoms with Crippen LogP contribution in [0, 0.1) is 0 Å². The highest BCUT2D eigenvalue weighted by molar-refractivity contribution is 5.71. The molecule has 0 atom stereocenters. The predicted molar refractivity (Wildman–Crippen MR) is 65.8 cm³/mol. The molecule has 9 heteroatoms. The van der Waals surface area contributed by atoms with Crippen LogP contribution in [0.25, 0.3) is 11.4 Å². The SMILES string of the molecule is CN(Cc1ccc(-c2noc(C(F)(F)F)n2)cc1)C(N)=O. The lowest BCUT2D eigenvalue weighted by Crippen LogP contribution is -2.31. The summed E-state index contributed by atoms with van der Waals surface area (Å²) in [6, 6.07) is 5.77. The van der Waals surface area contributed by atoms with E-state index >= 15 is 0 Å². The number of primary amides is 1. The topological polar surface area (TPSA) is 85.2 Å². The summed E-state index contributed by atoms with van der Waals surface area (Å²) >= 11 is 0. The number of nitrogens with two attached hydrogens (primary N) is 1. The van der Waals surface area contributed by atoms with E-state index < -0.39 is 18.1 Å². The maximum atomic E-state index is 12.4. The fourth-order valence-corrected chi connectivity index (χ4v) is 1.57. The lowest BCUT2D eigenvalue weighted by atomic mass is 10.1. The van der Waals surface area contributed by atoms with E-state index in [4.69, 9.17) is 5.73 Å². The zero-order chi connectivity index (χ0) is 15.6. The Bertz CT molecular complexity index is 637. The maximum absolute atomic E-state index is 12.4. The Kier molecular flexibility index (Phi) is 3.83. The summed E-state index contributed by atoms with van der Waals surface area (Å²) in [5.41, 5.74) is 6.23. The van der Waals surface area contributed by atoms with Crippen molar-refractivity contribution in [2.45, 2.75) is 12.7 Å². The van der Waals surface area contributed by atoms with Gasteiger partial charge in [0.05, 0.1) is 0 Å². The molecule has 0 saturated carbocycles. The molecule has 0 unspecified atom stereocenters. The zero-order valence-electron chi connectivity index (χ0n) is 10.9. The molecule has 0 aliphatic carbocycles. The van der Waals surface area contributed by atoms with Crippen LogP contribution in [0.5, 0.6) is 0 Å². The maximum Gasteiger partial charge on any atom is 0.471 e. The van der Waals surface area contributed by atoms with Gasteiger partial charge in [0.25, 0.3) is 0 Å². The summed E-state index contributed by atoms with van der Waals surface area (Å²) in [4.78, 5) is 15.5. The Morgan fingerprint density at radius 2 is 1.95 bits per heavy atom. The molecule has 0 bridgehead atoms. The Labute approximate surface area is 117 Å². The molecule has 0 aliphatic heterocycles. The number of nitrogens with zero attached hydrogens (tertiary/aromatic N) is 3. The molecule has 0 spiro atoms. The average Bonchev–Trinajstić information content (AvgIpc) is 2.89. The van der Waals surface area contributed by atoms with E-state index in [2.05, 4.69) is 14.7 Å². The zero-order valence-corrected chi connectivity index (χ0v) is 10.9. The van der Waals surface area contributed by atoms with Crippen LogP contribution < -0.4 is 5.73 Å². The number of hydrogen-bond donors (Lipinski definition) is 1. The van der Waals surface area contributed by atoms with Gasteiger partial charge in [0.2, 0.25) is 5.82 Å². The van der Waals surface area contributed by atoms with Gasteiger partial charge in [-0.25, -0.2) is 4.79 Å². The van der Waals surface area contributed by atoms with Crippen LogP contribution in [0.15, 0.2) is 28.8 Å². The largest absolute Gasteiger partial charge is 0.471 e. The first-order chi connectivity index (χ1) is 9.77. The second kappa shape index (κ2) is 5.43. The van der Waals surface area contributed by atoms with Crippen molar-refractivity contribution in [1.29, 1.82) is 0 Å². The van der Waals surface area contributed by atoms with Crippen LogP contribution in [-0.4, -0.2) is 28.1 Å². The molecule has 1 aromatic carbocycles. The minimum atomic E-state index is -4.67. The first-order valence-corrected chi connectivity index (χ1v) is 5.78.